The van der Waals surface area contributed by atoms with Crippen molar-refractivity contribution < 1.29 is 13.6 Å². The summed E-state index contributed by atoms with van der Waals surface area (Å²) in [6.45, 7) is 1.79. The van der Waals surface area contributed by atoms with Gasteiger partial charge in [-0.05, 0) is 29.7 Å². The molecule has 2 aromatic rings. The summed E-state index contributed by atoms with van der Waals surface area (Å²) in [5.41, 5.74) is 3.20. The van der Waals surface area contributed by atoms with Crippen LogP contribution in [0.5, 0.6) is 0 Å². The summed E-state index contributed by atoms with van der Waals surface area (Å²) >= 11 is -2.35. The van der Waals surface area contributed by atoms with Gasteiger partial charge in [-0.1, -0.05) is 42.5 Å². The second-order valence-electron chi connectivity index (χ2n) is 4.08. The van der Waals surface area contributed by atoms with Crippen LogP contribution < -0.4 is 4.72 Å². The van der Waals surface area contributed by atoms with Crippen molar-refractivity contribution in [2.24, 2.45) is 0 Å². The minimum atomic E-state index is -2.35. The van der Waals surface area contributed by atoms with Gasteiger partial charge in [-0.2, -0.15) is 0 Å². The van der Waals surface area contributed by atoms with Crippen LogP contribution in [-0.4, -0.2) is 14.7 Å². The first-order valence-corrected chi connectivity index (χ1v) is 6.76. The fraction of sp³-hybridized carbons (Fsp3) is 0.0714. The topological polar surface area (TPSA) is 66.4 Å². The molecule has 19 heavy (non-hydrogen) atoms. The van der Waals surface area contributed by atoms with E-state index < -0.39 is 17.2 Å². The third-order valence-electron chi connectivity index (χ3n) is 2.76. The van der Waals surface area contributed by atoms with Gasteiger partial charge in [-0.15, -0.1) is 0 Å². The lowest BCUT2D eigenvalue weighted by Gasteiger charge is -2.08. The summed E-state index contributed by atoms with van der Waals surface area (Å²) < 4.78 is 21.2. The van der Waals surface area contributed by atoms with E-state index in [2.05, 4.69) is 0 Å². The minimum Gasteiger partial charge on any atom is -0.289 e. The largest absolute Gasteiger partial charge is 0.289 e. The van der Waals surface area contributed by atoms with Crippen molar-refractivity contribution in [1.82, 2.24) is 4.72 Å². The molecule has 0 radical (unpaired) electrons. The molecule has 1 atom stereocenters. The Hall–Kier alpha value is -1.98. The summed E-state index contributed by atoms with van der Waals surface area (Å²) in [6, 6.07) is 15.1. The van der Waals surface area contributed by atoms with Crippen LogP contribution in [-0.2, 0) is 11.3 Å². The summed E-state index contributed by atoms with van der Waals surface area (Å²) in [7, 11) is 0. The zero-order chi connectivity index (χ0) is 13.8. The lowest BCUT2D eigenvalue weighted by atomic mass is 10.00. The van der Waals surface area contributed by atoms with Crippen LogP contribution in [0.25, 0.3) is 11.1 Å². The summed E-state index contributed by atoms with van der Waals surface area (Å²) in [5.74, 6) is -0.557. The van der Waals surface area contributed by atoms with Gasteiger partial charge in [0.1, 0.15) is 0 Å². The predicted octanol–water partition coefficient (Wildman–Crippen LogP) is 2.53. The van der Waals surface area contributed by atoms with Gasteiger partial charge in [0.2, 0.25) is 0 Å². The van der Waals surface area contributed by atoms with Crippen LogP contribution in [0.1, 0.15) is 15.9 Å². The fourth-order valence-corrected chi connectivity index (χ4v) is 2.13. The predicted molar refractivity (Wildman–Crippen MR) is 74.9 cm³/mol. The zero-order valence-electron chi connectivity index (χ0n) is 10.3. The highest BCUT2D eigenvalue weighted by Crippen LogP contribution is 2.22. The number of aryl methyl sites for hydroxylation is 1. The third-order valence-corrected chi connectivity index (χ3v) is 3.12. The SMILES string of the molecule is Cc1cc(-c2ccccc2)ccc1C(=O)NS(=O)O. The van der Waals surface area contributed by atoms with Crippen LogP contribution in [0, 0.1) is 6.92 Å². The molecule has 2 rings (SSSR count). The minimum absolute atomic E-state index is 0.391. The highest BCUT2D eigenvalue weighted by molar-refractivity contribution is 7.77. The lowest BCUT2D eigenvalue weighted by molar-refractivity contribution is 0.0980. The summed E-state index contributed by atoms with van der Waals surface area (Å²) in [4.78, 5) is 11.7. The molecule has 0 saturated heterocycles. The van der Waals surface area contributed by atoms with E-state index in [9.17, 15) is 9.00 Å². The Kier molecular flexibility index (Phi) is 4.09. The van der Waals surface area contributed by atoms with Crippen molar-refractivity contribution in [1.29, 1.82) is 0 Å². The normalized spacial score (nSPS) is 11.9. The van der Waals surface area contributed by atoms with Crippen molar-refractivity contribution in [3.8, 4) is 11.1 Å². The lowest BCUT2D eigenvalue weighted by Crippen LogP contribution is -2.25. The second-order valence-corrected chi connectivity index (χ2v) is 4.78. The summed E-state index contributed by atoms with van der Waals surface area (Å²) in [5, 5.41) is 0. The van der Waals surface area contributed by atoms with Crippen molar-refractivity contribution in [3.05, 3.63) is 59.7 Å². The summed E-state index contributed by atoms with van der Waals surface area (Å²) in [6.07, 6.45) is 0. The van der Waals surface area contributed by atoms with Gasteiger partial charge < -0.3 is 0 Å². The van der Waals surface area contributed by atoms with Crippen molar-refractivity contribution in [3.63, 3.8) is 0 Å². The van der Waals surface area contributed by atoms with Crippen LogP contribution >= 0.6 is 0 Å². The van der Waals surface area contributed by atoms with Gasteiger partial charge in [0.15, 0.2) is 0 Å². The van der Waals surface area contributed by atoms with E-state index in [-0.39, 0.29) is 0 Å². The molecule has 1 unspecified atom stereocenters. The Morgan fingerprint density at radius 2 is 1.79 bits per heavy atom. The molecule has 0 aliphatic rings. The van der Waals surface area contributed by atoms with Gasteiger partial charge in [-0.25, -0.2) is 8.93 Å². The van der Waals surface area contributed by atoms with E-state index in [0.29, 0.717) is 5.56 Å². The van der Waals surface area contributed by atoms with E-state index in [1.807, 2.05) is 47.2 Å². The molecule has 0 aliphatic carbocycles. The first-order chi connectivity index (χ1) is 9.08. The molecule has 4 nitrogen and oxygen atoms in total. The van der Waals surface area contributed by atoms with Crippen LogP contribution in [0.2, 0.25) is 0 Å². The number of nitrogens with one attached hydrogen (secondary N) is 1. The maximum absolute atomic E-state index is 11.7. The van der Waals surface area contributed by atoms with E-state index >= 15 is 0 Å². The molecule has 0 saturated carbocycles. The number of carbonyl (C=O) groups excluding carboxylic acids is 1. The van der Waals surface area contributed by atoms with Gasteiger partial charge >= 0.3 is 0 Å². The van der Waals surface area contributed by atoms with Crippen LogP contribution in [0.15, 0.2) is 48.5 Å². The molecule has 1 amide bonds. The third kappa shape index (κ3) is 3.27. The molecule has 0 aliphatic heterocycles. The van der Waals surface area contributed by atoms with Crippen LogP contribution in [0.4, 0.5) is 0 Å². The fourth-order valence-electron chi connectivity index (χ4n) is 1.86. The molecule has 0 heterocycles. The van der Waals surface area contributed by atoms with Gasteiger partial charge in [0.05, 0.1) is 0 Å². The molecule has 2 aromatic carbocycles. The van der Waals surface area contributed by atoms with Crippen molar-refractivity contribution in [2.45, 2.75) is 6.92 Å². The number of hydrogen-bond acceptors (Lipinski definition) is 2. The molecule has 0 spiro atoms. The second kappa shape index (κ2) is 5.77. The van der Waals surface area contributed by atoms with Gasteiger partial charge in [0, 0.05) is 5.56 Å². The average molecular weight is 275 g/mol. The Balaban J connectivity index is 2.32. The molecular weight excluding hydrogens is 262 g/mol. The van der Waals surface area contributed by atoms with Gasteiger partial charge in [-0.3, -0.25) is 9.35 Å². The maximum Gasteiger partial charge on any atom is 0.264 e. The quantitative estimate of drug-likeness (QED) is 0.846. The van der Waals surface area contributed by atoms with Gasteiger partial charge in [0.25, 0.3) is 17.2 Å². The molecule has 0 aromatic heterocycles. The van der Waals surface area contributed by atoms with Crippen molar-refractivity contribution >= 4 is 17.2 Å². The number of benzene rings is 2. The zero-order valence-corrected chi connectivity index (χ0v) is 11.1. The Labute approximate surface area is 113 Å². The average Bonchev–Trinajstić information content (AvgIpc) is 2.38. The molecule has 0 fully saturated rings. The van der Waals surface area contributed by atoms with E-state index in [0.717, 1.165) is 16.7 Å². The smallest absolute Gasteiger partial charge is 0.264 e. The number of carbonyl (C=O) groups is 1. The molecule has 98 valence electrons. The van der Waals surface area contributed by atoms with E-state index in [1.54, 1.807) is 13.0 Å². The molecule has 5 heteroatoms. The van der Waals surface area contributed by atoms with E-state index in [1.165, 1.54) is 0 Å². The van der Waals surface area contributed by atoms with Crippen LogP contribution in [0.3, 0.4) is 0 Å². The molecular formula is C14H13NO3S. The Morgan fingerprint density at radius 3 is 2.37 bits per heavy atom. The monoisotopic (exact) mass is 275 g/mol. The number of hydrogen-bond donors (Lipinski definition) is 2. The molecule has 0 bridgehead atoms. The Morgan fingerprint density at radius 1 is 1.11 bits per heavy atom. The maximum atomic E-state index is 11.7. The highest BCUT2D eigenvalue weighted by Gasteiger charge is 2.11. The van der Waals surface area contributed by atoms with Crippen molar-refractivity contribution in [2.75, 3.05) is 0 Å². The Bertz CT molecular complexity index is 626. The standard InChI is InChI=1S/C14H13NO3S/c1-10-9-12(11-5-3-2-4-6-11)7-8-13(10)14(16)15-19(17)18/h2-9H,1H3,(H,15,16)(H,17,18). The molecule has 2 N–H and O–H groups in total. The first kappa shape index (κ1) is 13.5. The van der Waals surface area contributed by atoms with E-state index in [4.69, 9.17) is 4.55 Å². The number of amides is 1. The highest BCUT2D eigenvalue weighted by atomic mass is 32.2. The number of rotatable bonds is 3. The first-order valence-electron chi connectivity index (χ1n) is 5.66.